The molecule has 0 rings (SSSR count). The van der Waals surface area contributed by atoms with Crippen molar-refractivity contribution in [2.75, 3.05) is 26.4 Å². The number of esters is 1. The summed E-state index contributed by atoms with van der Waals surface area (Å²) in [7, 11) is -4.43. The molecular weight excluding hydrogens is 762 g/mol. The van der Waals surface area contributed by atoms with Crippen molar-refractivity contribution in [3.8, 4) is 0 Å². The molecule has 0 spiro atoms. The molecule has 0 aromatic rings. The highest BCUT2D eigenvalue weighted by molar-refractivity contribution is 7.47. The Morgan fingerprint density at radius 2 is 0.966 bits per heavy atom. The number of amides is 1. The van der Waals surface area contributed by atoms with Crippen LogP contribution in [0, 0.1) is 0 Å². The number of aliphatic hydroxyl groups excluding tert-OH is 1. The average Bonchev–Trinajstić information content (AvgIpc) is 3.22. The van der Waals surface area contributed by atoms with Gasteiger partial charge in [-0.3, -0.25) is 18.6 Å². The zero-order valence-corrected chi connectivity index (χ0v) is 38.1. The first-order valence-corrected chi connectivity index (χ1v) is 24.6. The number of nitrogens with one attached hydrogen (secondary N) is 1. The summed E-state index contributed by atoms with van der Waals surface area (Å²) in [6.45, 7) is 3.37. The fraction of sp³-hybridized carbons (Fsp3) is 0.673. The summed E-state index contributed by atoms with van der Waals surface area (Å²) >= 11 is 0. The van der Waals surface area contributed by atoms with Crippen LogP contribution in [0.2, 0.25) is 0 Å². The van der Waals surface area contributed by atoms with Gasteiger partial charge in [0.25, 0.3) is 0 Å². The molecule has 0 saturated carbocycles. The lowest BCUT2D eigenvalue weighted by Crippen LogP contribution is -2.27. The summed E-state index contributed by atoms with van der Waals surface area (Å²) in [5, 5.41) is 12.7. The van der Waals surface area contributed by atoms with Crippen LogP contribution in [-0.4, -0.2) is 54.3 Å². The number of phosphoric acid groups is 1. The molecular formula is C49H84NO8P. The van der Waals surface area contributed by atoms with Gasteiger partial charge in [-0.05, 0) is 64.2 Å². The van der Waals surface area contributed by atoms with E-state index < -0.39 is 26.5 Å². The Balaban J connectivity index is 3.71. The molecule has 338 valence electrons. The Kier molecular flexibility index (Phi) is 42.6. The van der Waals surface area contributed by atoms with Crippen molar-refractivity contribution in [1.29, 1.82) is 0 Å². The van der Waals surface area contributed by atoms with E-state index >= 15 is 0 Å². The first-order chi connectivity index (χ1) is 28.8. The summed E-state index contributed by atoms with van der Waals surface area (Å²) in [6, 6.07) is 0. The zero-order chi connectivity index (χ0) is 43.2. The third-order valence-corrected chi connectivity index (χ3v) is 10.3. The van der Waals surface area contributed by atoms with Crippen LogP contribution in [-0.2, 0) is 27.9 Å². The number of ether oxygens (including phenoxy) is 1. The zero-order valence-electron chi connectivity index (χ0n) is 37.2. The number of hydrogen-bond donors (Lipinski definition) is 3. The number of carbonyl (C=O) groups is 2. The van der Waals surface area contributed by atoms with Gasteiger partial charge in [-0.15, -0.1) is 0 Å². The molecule has 0 radical (unpaired) electrons. The van der Waals surface area contributed by atoms with Gasteiger partial charge in [0.15, 0.2) is 0 Å². The van der Waals surface area contributed by atoms with E-state index in [1.165, 1.54) is 77.0 Å². The highest BCUT2D eigenvalue weighted by atomic mass is 31.2. The number of allylic oxidation sites excluding steroid dienone is 14. The lowest BCUT2D eigenvalue weighted by atomic mass is 10.0. The monoisotopic (exact) mass is 846 g/mol. The maximum atomic E-state index is 12.1. The van der Waals surface area contributed by atoms with Crippen LogP contribution in [0.25, 0.3) is 0 Å². The van der Waals surface area contributed by atoms with Crippen molar-refractivity contribution >= 4 is 19.7 Å². The molecule has 2 unspecified atom stereocenters. The predicted octanol–water partition coefficient (Wildman–Crippen LogP) is 13.2. The summed E-state index contributed by atoms with van der Waals surface area (Å²) in [4.78, 5) is 33.9. The van der Waals surface area contributed by atoms with Gasteiger partial charge in [0.05, 0.1) is 13.2 Å². The van der Waals surface area contributed by atoms with E-state index in [2.05, 4.69) is 98.2 Å². The quantitative estimate of drug-likeness (QED) is 0.0240. The molecule has 0 heterocycles. The molecule has 9 nitrogen and oxygen atoms in total. The molecule has 0 aliphatic heterocycles. The summed E-state index contributed by atoms with van der Waals surface area (Å²) in [5.41, 5.74) is 0. The van der Waals surface area contributed by atoms with Crippen LogP contribution in [0.15, 0.2) is 85.1 Å². The van der Waals surface area contributed by atoms with Crippen LogP contribution >= 0.6 is 7.82 Å². The molecule has 2 atom stereocenters. The smallest absolute Gasteiger partial charge is 0.463 e. The Labute approximate surface area is 360 Å². The van der Waals surface area contributed by atoms with Crippen molar-refractivity contribution in [3.63, 3.8) is 0 Å². The normalized spacial score (nSPS) is 14.0. The van der Waals surface area contributed by atoms with Crippen LogP contribution < -0.4 is 5.32 Å². The SMILES string of the molecule is CC/C=C\C/C=C\C/C=C\C/C=C\C/C=C\C/C=C\C/C=C\CCCC(=O)OCC(O)COP(=O)(O)OCCNC(=O)CCCCCCCCCCCCCCCCC. The number of carbonyl (C=O) groups excluding carboxylic acids is 2. The molecule has 0 aliphatic carbocycles. The Morgan fingerprint density at radius 1 is 0.542 bits per heavy atom. The summed E-state index contributed by atoms with van der Waals surface area (Å²) in [6.07, 6.45) is 56.6. The van der Waals surface area contributed by atoms with E-state index in [1.807, 2.05) is 6.08 Å². The molecule has 10 heteroatoms. The third-order valence-electron chi connectivity index (χ3n) is 9.34. The minimum Gasteiger partial charge on any atom is -0.463 e. The number of aliphatic hydroxyl groups is 1. The Morgan fingerprint density at radius 3 is 1.42 bits per heavy atom. The molecule has 0 fully saturated rings. The van der Waals surface area contributed by atoms with Gasteiger partial charge >= 0.3 is 13.8 Å². The third kappa shape index (κ3) is 46.1. The Bertz CT molecular complexity index is 1240. The van der Waals surface area contributed by atoms with Gasteiger partial charge in [-0.1, -0.05) is 189 Å². The molecule has 0 aromatic heterocycles. The molecule has 0 saturated heterocycles. The van der Waals surface area contributed by atoms with Gasteiger partial charge in [-0.2, -0.15) is 0 Å². The van der Waals surface area contributed by atoms with E-state index in [9.17, 15) is 24.2 Å². The van der Waals surface area contributed by atoms with Crippen molar-refractivity contribution in [2.24, 2.45) is 0 Å². The Hall–Kier alpha value is -2.81. The van der Waals surface area contributed by atoms with E-state index in [0.717, 1.165) is 70.6 Å². The second-order valence-corrected chi connectivity index (χ2v) is 16.5. The lowest BCUT2D eigenvalue weighted by molar-refractivity contribution is -0.147. The first kappa shape index (κ1) is 56.2. The van der Waals surface area contributed by atoms with Crippen molar-refractivity contribution in [1.82, 2.24) is 5.32 Å². The van der Waals surface area contributed by atoms with Crippen LogP contribution in [0.3, 0.4) is 0 Å². The maximum Gasteiger partial charge on any atom is 0.472 e. The van der Waals surface area contributed by atoms with Crippen molar-refractivity contribution < 1.29 is 37.9 Å². The minimum absolute atomic E-state index is 0.0728. The van der Waals surface area contributed by atoms with Gasteiger partial charge in [0, 0.05) is 19.4 Å². The number of unbranched alkanes of at least 4 members (excludes halogenated alkanes) is 15. The van der Waals surface area contributed by atoms with E-state index in [-0.39, 0.29) is 32.1 Å². The molecule has 0 aliphatic rings. The maximum absolute atomic E-state index is 12.1. The predicted molar refractivity (Wildman–Crippen MR) is 247 cm³/mol. The second kappa shape index (κ2) is 44.7. The van der Waals surface area contributed by atoms with Gasteiger partial charge in [0.1, 0.15) is 12.7 Å². The van der Waals surface area contributed by atoms with Crippen molar-refractivity contribution in [2.45, 2.75) is 187 Å². The fourth-order valence-corrected chi connectivity index (χ4v) is 6.66. The molecule has 3 N–H and O–H groups in total. The molecule has 0 bridgehead atoms. The lowest BCUT2D eigenvalue weighted by Gasteiger charge is -2.15. The van der Waals surface area contributed by atoms with Gasteiger partial charge < -0.3 is 20.1 Å². The standard InChI is InChI=1S/C49H84NO8P/c1-3-5-7-9-11-13-15-17-19-20-21-22-23-24-25-26-28-30-32-34-36-38-40-42-49(53)56-45-47(51)46-58-59(54,55)57-44-43-50-48(52)41-39-37-35-33-31-29-27-18-16-14-12-10-8-6-4-2/h5,7,11,13,17,19,21-22,24-25,28,30,34,36,47,51H,3-4,6,8-10,12,14-16,18,20,23,26-27,29,31-33,35,37-46H2,1-2H3,(H,50,52)(H,54,55)/b7-5-,13-11-,19-17-,22-21-,25-24-,30-28-,36-34-. The summed E-state index contributed by atoms with van der Waals surface area (Å²) in [5.74, 6) is -0.580. The van der Waals surface area contributed by atoms with Crippen LogP contribution in [0.4, 0.5) is 0 Å². The number of phosphoric ester groups is 1. The van der Waals surface area contributed by atoms with Gasteiger partial charge in [-0.25, -0.2) is 4.57 Å². The molecule has 59 heavy (non-hydrogen) atoms. The van der Waals surface area contributed by atoms with E-state index in [1.54, 1.807) is 0 Å². The second-order valence-electron chi connectivity index (χ2n) is 15.0. The van der Waals surface area contributed by atoms with Gasteiger partial charge in [0.2, 0.25) is 5.91 Å². The minimum atomic E-state index is -4.43. The molecule has 0 aromatic carbocycles. The largest absolute Gasteiger partial charge is 0.472 e. The summed E-state index contributed by atoms with van der Waals surface area (Å²) < 4.78 is 26.9. The highest BCUT2D eigenvalue weighted by Crippen LogP contribution is 2.42. The van der Waals surface area contributed by atoms with E-state index in [0.29, 0.717) is 12.8 Å². The highest BCUT2D eigenvalue weighted by Gasteiger charge is 2.23. The number of rotatable bonds is 42. The molecule has 1 amide bonds. The average molecular weight is 846 g/mol. The topological polar surface area (TPSA) is 131 Å². The number of hydrogen-bond acceptors (Lipinski definition) is 7. The first-order valence-electron chi connectivity index (χ1n) is 23.1. The fourth-order valence-electron chi connectivity index (χ4n) is 5.90. The van der Waals surface area contributed by atoms with E-state index in [4.69, 9.17) is 13.8 Å². The van der Waals surface area contributed by atoms with Crippen LogP contribution in [0.1, 0.15) is 181 Å². The van der Waals surface area contributed by atoms with Crippen molar-refractivity contribution in [3.05, 3.63) is 85.1 Å². The van der Waals surface area contributed by atoms with Crippen LogP contribution in [0.5, 0.6) is 0 Å².